The number of rotatable bonds is 5. The maximum atomic E-state index is 13.5. The zero-order chi connectivity index (χ0) is 17.1. The third-order valence-corrected chi connectivity index (χ3v) is 4.44. The first-order valence-electron chi connectivity index (χ1n) is 8.13. The van der Waals surface area contributed by atoms with Gasteiger partial charge in [0, 0.05) is 32.3 Å². The van der Waals surface area contributed by atoms with E-state index in [0.29, 0.717) is 0 Å². The van der Waals surface area contributed by atoms with Gasteiger partial charge in [0.25, 0.3) is 0 Å². The lowest BCUT2D eigenvalue weighted by Crippen LogP contribution is -2.30. The molecule has 0 spiro atoms. The Morgan fingerprint density at radius 1 is 1.46 bits per heavy atom. The van der Waals surface area contributed by atoms with Crippen LogP contribution in [0.1, 0.15) is 29.7 Å². The lowest BCUT2D eigenvalue weighted by Gasteiger charge is -2.22. The molecule has 1 aliphatic rings. The molecule has 0 unspecified atom stereocenters. The molecule has 2 aromatic rings. The van der Waals surface area contributed by atoms with E-state index >= 15 is 0 Å². The molecule has 1 aromatic heterocycles. The van der Waals surface area contributed by atoms with Gasteiger partial charge in [-0.1, -0.05) is 18.2 Å². The second-order valence-electron chi connectivity index (χ2n) is 6.35. The molecule has 0 saturated carbocycles. The van der Waals surface area contributed by atoms with E-state index in [2.05, 4.69) is 22.1 Å². The first-order valence-corrected chi connectivity index (χ1v) is 8.13. The number of benzene rings is 1. The summed E-state index contributed by atoms with van der Waals surface area (Å²) >= 11 is 0. The molecule has 3 rings (SSSR count). The van der Waals surface area contributed by atoms with Gasteiger partial charge in [-0.25, -0.2) is 9.07 Å². The lowest BCUT2D eigenvalue weighted by molar-refractivity contribution is -0.137. The van der Waals surface area contributed by atoms with Gasteiger partial charge in [0.15, 0.2) is 0 Å². The molecule has 1 aromatic carbocycles. The minimum Gasteiger partial charge on any atom is -0.480 e. The number of carbonyl (C=O) groups is 1. The van der Waals surface area contributed by atoms with Crippen LogP contribution in [0.3, 0.4) is 0 Å². The van der Waals surface area contributed by atoms with E-state index in [1.54, 1.807) is 12.3 Å². The van der Waals surface area contributed by atoms with Crippen LogP contribution in [-0.4, -0.2) is 50.6 Å². The summed E-state index contributed by atoms with van der Waals surface area (Å²) in [6.07, 6.45) is 3.31. The van der Waals surface area contributed by atoms with Crippen LogP contribution in [-0.2, 0) is 24.2 Å². The van der Waals surface area contributed by atoms with Crippen molar-refractivity contribution in [3.8, 4) is 0 Å². The van der Waals surface area contributed by atoms with E-state index in [-0.39, 0.29) is 18.3 Å². The number of nitrogens with zero attached hydrogens (tertiary/aromatic N) is 4. The zero-order valence-corrected chi connectivity index (χ0v) is 13.7. The molecule has 0 amide bonds. The van der Waals surface area contributed by atoms with Crippen LogP contribution in [0, 0.1) is 5.82 Å². The monoisotopic (exact) mass is 332 g/mol. The molecule has 1 aliphatic heterocycles. The number of aromatic nitrogens is 3. The normalized spacial score (nSPS) is 18.2. The highest BCUT2D eigenvalue weighted by molar-refractivity contribution is 5.66. The largest absolute Gasteiger partial charge is 0.480 e. The van der Waals surface area contributed by atoms with Gasteiger partial charge in [-0.15, -0.1) is 5.10 Å². The molecule has 0 aliphatic carbocycles. The summed E-state index contributed by atoms with van der Waals surface area (Å²) in [6, 6.07) is 5.07. The van der Waals surface area contributed by atoms with Crippen molar-refractivity contribution in [2.45, 2.75) is 32.2 Å². The molecule has 0 bridgehead atoms. The summed E-state index contributed by atoms with van der Waals surface area (Å²) in [5.74, 6) is -0.831. The third-order valence-electron chi connectivity index (χ3n) is 4.44. The Labute approximate surface area is 139 Å². The van der Waals surface area contributed by atoms with Gasteiger partial charge in [-0.3, -0.25) is 4.79 Å². The summed E-state index contributed by atoms with van der Waals surface area (Å²) in [7, 11) is 0. The van der Waals surface area contributed by atoms with Crippen molar-refractivity contribution in [1.82, 2.24) is 19.9 Å². The van der Waals surface area contributed by atoms with Gasteiger partial charge >= 0.3 is 5.97 Å². The summed E-state index contributed by atoms with van der Waals surface area (Å²) in [4.78, 5) is 13.0. The van der Waals surface area contributed by atoms with Gasteiger partial charge in [0.1, 0.15) is 12.4 Å². The van der Waals surface area contributed by atoms with Gasteiger partial charge in [-0.2, -0.15) is 0 Å². The fourth-order valence-electron chi connectivity index (χ4n) is 3.25. The molecule has 0 radical (unpaired) electrons. The van der Waals surface area contributed by atoms with Crippen LogP contribution in [0.5, 0.6) is 0 Å². The highest BCUT2D eigenvalue weighted by Gasteiger charge is 2.20. The van der Waals surface area contributed by atoms with E-state index in [0.717, 1.165) is 43.7 Å². The Morgan fingerprint density at radius 2 is 2.29 bits per heavy atom. The highest BCUT2D eigenvalue weighted by Crippen LogP contribution is 2.26. The number of carboxylic acid groups (broad SMARTS) is 1. The first-order chi connectivity index (χ1) is 11.5. The molecule has 0 saturated heterocycles. The second kappa shape index (κ2) is 7.09. The summed E-state index contributed by atoms with van der Waals surface area (Å²) in [5, 5.41) is 16.6. The topological polar surface area (TPSA) is 71.2 Å². The number of carboxylic acids is 1. The smallest absolute Gasteiger partial charge is 0.325 e. The molecule has 1 atom stereocenters. The molecular formula is C17H21FN4O2. The average Bonchev–Trinajstić information content (AvgIpc) is 2.90. The van der Waals surface area contributed by atoms with Crippen LogP contribution < -0.4 is 0 Å². The summed E-state index contributed by atoms with van der Waals surface area (Å²) in [6.45, 7) is 4.58. The molecule has 2 heterocycles. The minimum atomic E-state index is -0.933. The predicted octanol–water partition coefficient (Wildman–Crippen LogP) is 1.71. The quantitative estimate of drug-likeness (QED) is 0.902. The van der Waals surface area contributed by atoms with Crippen LogP contribution in [0.25, 0.3) is 0 Å². The van der Waals surface area contributed by atoms with E-state index in [1.165, 1.54) is 16.3 Å². The van der Waals surface area contributed by atoms with E-state index in [9.17, 15) is 9.18 Å². The highest BCUT2D eigenvalue weighted by atomic mass is 19.1. The summed E-state index contributed by atoms with van der Waals surface area (Å²) < 4.78 is 14.8. The van der Waals surface area contributed by atoms with Gasteiger partial charge in [-0.05, 0) is 35.6 Å². The van der Waals surface area contributed by atoms with Gasteiger partial charge < -0.3 is 10.0 Å². The molecule has 128 valence electrons. The lowest BCUT2D eigenvalue weighted by atomic mass is 9.95. The molecule has 24 heavy (non-hydrogen) atoms. The Kier molecular flexibility index (Phi) is 4.89. The van der Waals surface area contributed by atoms with Crippen LogP contribution in [0.2, 0.25) is 0 Å². The Morgan fingerprint density at radius 3 is 3.08 bits per heavy atom. The average molecular weight is 332 g/mol. The van der Waals surface area contributed by atoms with Crippen molar-refractivity contribution in [3.05, 3.63) is 47.0 Å². The van der Waals surface area contributed by atoms with E-state index in [1.807, 2.05) is 6.07 Å². The van der Waals surface area contributed by atoms with E-state index in [4.69, 9.17) is 5.11 Å². The van der Waals surface area contributed by atoms with Gasteiger partial charge in [0.2, 0.25) is 0 Å². The number of aliphatic carboxylic acids is 1. The van der Waals surface area contributed by atoms with Crippen molar-refractivity contribution < 1.29 is 14.3 Å². The van der Waals surface area contributed by atoms with Crippen molar-refractivity contribution in [1.29, 1.82) is 0 Å². The van der Waals surface area contributed by atoms with Crippen LogP contribution in [0.4, 0.5) is 4.39 Å². The third kappa shape index (κ3) is 3.97. The Balaban J connectivity index is 1.59. The van der Waals surface area contributed by atoms with Crippen molar-refractivity contribution in [3.63, 3.8) is 0 Å². The first kappa shape index (κ1) is 16.6. The number of hydrogen-bond donors (Lipinski definition) is 1. The molecule has 6 nitrogen and oxygen atoms in total. The van der Waals surface area contributed by atoms with E-state index < -0.39 is 5.97 Å². The molecule has 7 heteroatoms. The Hall–Kier alpha value is -2.28. The van der Waals surface area contributed by atoms with Crippen molar-refractivity contribution in [2.75, 3.05) is 19.6 Å². The molecule has 1 N–H and O–H groups in total. The standard InChI is InChI=1S/C17H21FN4O2/c1-12-9-21(6-4-13-2-3-14(18)8-16(12)13)7-5-15-10-22(20-19-15)11-17(23)24/h2-3,8,10,12H,4-7,9,11H2,1H3,(H,23,24)/t12-/m0/s1. The fourth-order valence-corrected chi connectivity index (χ4v) is 3.25. The summed E-state index contributed by atoms with van der Waals surface area (Å²) in [5.41, 5.74) is 3.11. The molecule has 0 fully saturated rings. The van der Waals surface area contributed by atoms with Crippen molar-refractivity contribution >= 4 is 5.97 Å². The maximum absolute atomic E-state index is 13.5. The van der Waals surface area contributed by atoms with Crippen LogP contribution >= 0.6 is 0 Å². The zero-order valence-electron chi connectivity index (χ0n) is 13.7. The predicted molar refractivity (Wildman–Crippen MR) is 86.3 cm³/mol. The van der Waals surface area contributed by atoms with Gasteiger partial charge in [0.05, 0.1) is 5.69 Å². The Bertz CT molecular complexity index is 731. The minimum absolute atomic E-state index is 0.172. The van der Waals surface area contributed by atoms with Crippen LogP contribution in [0.15, 0.2) is 24.4 Å². The number of hydrogen-bond acceptors (Lipinski definition) is 4. The SMILES string of the molecule is C[C@H]1CN(CCc2cn(CC(=O)O)nn2)CCc2ccc(F)cc21. The second-order valence-corrected chi connectivity index (χ2v) is 6.35. The molecular weight excluding hydrogens is 311 g/mol. The maximum Gasteiger partial charge on any atom is 0.325 e. The number of fused-ring (bicyclic) bond motifs is 1. The van der Waals surface area contributed by atoms with Crippen molar-refractivity contribution in [2.24, 2.45) is 0 Å². The number of halogens is 1. The fraction of sp³-hybridized carbons (Fsp3) is 0.471.